The van der Waals surface area contributed by atoms with Crippen LogP contribution in [0.4, 0.5) is 0 Å². The van der Waals surface area contributed by atoms with Crippen LogP contribution in [0.3, 0.4) is 0 Å². The fourth-order valence-electron chi connectivity index (χ4n) is 4.37. The number of tetrazole rings is 1. The van der Waals surface area contributed by atoms with Crippen molar-refractivity contribution >= 4 is 22.9 Å². The van der Waals surface area contributed by atoms with E-state index in [4.69, 9.17) is 9.47 Å². The Kier molecular flexibility index (Phi) is 7.58. The van der Waals surface area contributed by atoms with Crippen LogP contribution in [0.25, 0.3) is 33.5 Å². The lowest BCUT2D eigenvalue weighted by molar-refractivity contribution is -0.141. The maximum atomic E-state index is 13.1. The minimum atomic E-state index is -0.498. The lowest BCUT2D eigenvalue weighted by atomic mass is 9.98. The number of H-pyrrole nitrogens is 1. The van der Waals surface area contributed by atoms with Crippen LogP contribution in [0.5, 0.6) is 6.01 Å². The number of ether oxygens (including phenoxy) is 2. The van der Waals surface area contributed by atoms with Crippen LogP contribution in [0, 0.1) is 0 Å². The SMILES string of the molecule is CCOC(=O)CNC(=O)c1cccc2nc(OCC)n(Cc3ccc(-c4ccccc4-c4nn[nH]n4)cc3)c12. The molecule has 0 saturated carbocycles. The number of aromatic amines is 1. The van der Waals surface area contributed by atoms with Gasteiger partial charge in [-0.25, -0.2) is 0 Å². The van der Waals surface area contributed by atoms with E-state index in [1.54, 1.807) is 19.1 Å². The normalized spacial score (nSPS) is 10.9. The highest BCUT2D eigenvalue weighted by Crippen LogP contribution is 2.31. The van der Waals surface area contributed by atoms with Crippen molar-refractivity contribution in [1.82, 2.24) is 35.5 Å². The molecule has 5 rings (SSSR count). The number of hydrogen-bond acceptors (Lipinski definition) is 8. The predicted octanol–water partition coefficient (Wildman–Crippen LogP) is 3.62. The Morgan fingerprint density at radius 1 is 0.949 bits per heavy atom. The summed E-state index contributed by atoms with van der Waals surface area (Å²) in [6.45, 7) is 4.46. The van der Waals surface area contributed by atoms with Gasteiger partial charge < -0.3 is 14.8 Å². The standard InChI is InChI=1S/C28H27N7O4/c1-3-38-24(36)16-29-27(37)22-10-7-11-23-25(22)35(28(30-23)39-4-2)17-18-12-14-19(15-13-18)20-8-5-6-9-21(20)26-31-33-34-32-26/h5-15H,3-4,16-17H2,1-2H3,(H,29,37)(H,31,32,33,34). The molecule has 11 heteroatoms. The number of benzene rings is 3. The molecule has 0 atom stereocenters. The zero-order valence-electron chi connectivity index (χ0n) is 21.5. The number of fused-ring (bicyclic) bond motifs is 1. The molecule has 39 heavy (non-hydrogen) atoms. The molecular formula is C28H27N7O4. The van der Waals surface area contributed by atoms with Crippen LogP contribution >= 0.6 is 0 Å². The summed E-state index contributed by atoms with van der Waals surface area (Å²) in [5.74, 6) is -0.372. The van der Waals surface area contributed by atoms with Crippen LogP contribution in [-0.2, 0) is 16.1 Å². The third-order valence-electron chi connectivity index (χ3n) is 6.07. The molecule has 0 aliphatic rings. The number of carbonyl (C=O) groups excluding carboxylic acids is 2. The van der Waals surface area contributed by atoms with Gasteiger partial charge in [0.15, 0.2) is 0 Å². The highest BCUT2D eigenvalue weighted by atomic mass is 16.5. The molecule has 0 aliphatic heterocycles. The van der Waals surface area contributed by atoms with E-state index in [1.807, 2.05) is 66.1 Å². The van der Waals surface area contributed by atoms with E-state index in [0.717, 1.165) is 22.3 Å². The molecule has 0 aliphatic carbocycles. The van der Waals surface area contributed by atoms with Crippen LogP contribution in [0.1, 0.15) is 29.8 Å². The first kappa shape index (κ1) is 25.6. The van der Waals surface area contributed by atoms with Gasteiger partial charge in [0.05, 0.1) is 36.4 Å². The molecule has 0 unspecified atom stereocenters. The van der Waals surface area contributed by atoms with Crippen molar-refractivity contribution in [2.45, 2.75) is 20.4 Å². The molecule has 2 heterocycles. The first-order valence-electron chi connectivity index (χ1n) is 12.6. The highest BCUT2D eigenvalue weighted by Gasteiger charge is 2.20. The Labute approximate surface area is 224 Å². The van der Waals surface area contributed by atoms with Gasteiger partial charge in [-0.05, 0) is 47.9 Å². The van der Waals surface area contributed by atoms with Crippen molar-refractivity contribution in [3.8, 4) is 28.5 Å². The van der Waals surface area contributed by atoms with Crippen molar-refractivity contribution in [3.05, 3.63) is 77.9 Å². The largest absolute Gasteiger partial charge is 0.465 e. The summed E-state index contributed by atoms with van der Waals surface area (Å²) in [6.07, 6.45) is 0. The van der Waals surface area contributed by atoms with Gasteiger partial charge in [0, 0.05) is 5.56 Å². The molecule has 1 amide bonds. The quantitative estimate of drug-likeness (QED) is 0.264. The molecule has 0 spiro atoms. The lowest BCUT2D eigenvalue weighted by Gasteiger charge is -2.13. The molecule has 11 nitrogen and oxygen atoms in total. The van der Waals surface area contributed by atoms with Crippen LogP contribution in [-0.4, -0.2) is 61.8 Å². The summed E-state index contributed by atoms with van der Waals surface area (Å²) in [5.41, 5.74) is 5.46. The zero-order chi connectivity index (χ0) is 27.2. The monoisotopic (exact) mass is 525 g/mol. The Balaban J connectivity index is 1.46. The van der Waals surface area contributed by atoms with Gasteiger partial charge in [-0.3, -0.25) is 14.2 Å². The van der Waals surface area contributed by atoms with E-state index in [-0.39, 0.29) is 13.2 Å². The smallest absolute Gasteiger partial charge is 0.325 e. The topological polar surface area (TPSA) is 137 Å². The fraction of sp³-hybridized carbons (Fsp3) is 0.214. The Bertz CT molecular complexity index is 1590. The van der Waals surface area contributed by atoms with Gasteiger partial charge in [0.25, 0.3) is 11.9 Å². The summed E-state index contributed by atoms with van der Waals surface area (Å²) in [5, 5.41) is 17.1. The summed E-state index contributed by atoms with van der Waals surface area (Å²) in [4.78, 5) is 29.4. The second kappa shape index (κ2) is 11.5. The predicted molar refractivity (Wildman–Crippen MR) is 144 cm³/mol. The van der Waals surface area contributed by atoms with Gasteiger partial charge in [0.2, 0.25) is 5.82 Å². The number of para-hydroxylation sites is 1. The maximum absolute atomic E-state index is 13.1. The number of nitrogens with one attached hydrogen (secondary N) is 2. The van der Waals surface area contributed by atoms with Crippen molar-refractivity contribution in [2.75, 3.05) is 19.8 Å². The summed E-state index contributed by atoms with van der Waals surface area (Å²) >= 11 is 0. The maximum Gasteiger partial charge on any atom is 0.325 e. The van der Waals surface area contributed by atoms with Gasteiger partial charge in [-0.1, -0.05) is 54.6 Å². The van der Waals surface area contributed by atoms with Crippen LogP contribution in [0.2, 0.25) is 0 Å². The van der Waals surface area contributed by atoms with Gasteiger partial charge >= 0.3 is 5.97 Å². The Hall–Kier alpha value is -5.06. The van der Waals surface area contributed by atoms with Crippen LogP contribution < -0.4 is 10.1 Å². The van der Waals surface area contributed by atoms with E-state index in [0.29, 0.717) is 41.6 Å². The van der Waals surface area contributed by atoms with E-state index < -0.39 is 11.9 Å². The minimum absolute atomic E-state index is 0.220. The number of amides is 1. The number of aromatic nitrogens is 6. The number of rotatable bonds is 10. The number of carbonyl (C=O) groups is 2. The third kappa shape index (κ3) is 5.47. The average molecular weight is 526 g/mol. The van der Waals surface area contributed by atoms with E-state index in [1.165, 1.54) is 0 Å². The molecule has 0 fully saturated rings. The molecule has 5 aromatic rings. The second-order valence-corrected chi connectivity index (χ2v) is 8.55. The molecule has 0 bridgehead atoms. The number of imidazole rings is 1. The highest BCUT2D eigenvalue weighted by molar-refractivity contribution is 6.06. The number of nitrogens with zero attached hydrogens (tertiary/aromatic N) is 5. The molecule has 198 valence electrons. The average Bonchev–Trinajstić information content (AvgIpc) is 3.61. The van der Waals surface area contributed by atoms with Crippen molar-refractivity contribution in [2.24, 2.45) is 0 Å². The third-order valence-corrected chi connectivity index (χ3v) is 6.07. The van der Waals surface area contributed by atoms with Crippen molar-refractivity contribution in [3.63, 3.8) is 0 Å². The van der Waals surface area contributed by atoms with Gasteiger partial charge in [-0.15, -0.1) is 10.2 Å². The summed E-state index contributed by atoms with van der Waals surface area (Å²) < 4.78 is 12.6. The van der Waals surface area contributed by atoms with Crippen LogP contribution in [0.15, 0.2) is 66.7 Å². The van der Waals surface area contributed by atoms with E-state index in [9.17, 15) is 9.59 Å². The number of hydrogen-bond donors (Lipinski definition) is 2. The molecule has 2 aromatic heterocycles. The molecule has 3 aromatic carbocycles. The molecule has 2 N–H and O–H groups in total. The van der Waals surface area contributed by atoms with E-state index in [2.05, 4.69) is 30.9 Å². The lowest BCUT2D eigenvalue weighted by Crippen LogP contribution is -2.31. The van der Waals surface area contributed by atoms with E-state index >= 15 is 0 Å². The molecular weight excluding hydrogens is 498 g/mol. The minimum Gasteiger partial charge on any atom is -0.465 e. The summed E-state index contributed by atoms with van der Waals surface area (Å²) in [6, 6.07) is 21.7. The Morgan fingerprint density at radius 2 is 1.74 bits per heavy atom. The zero-order valence-corrected chi connectivity index (χ0v) is 21.5. The fourth-order valence-corrected chi connectivity index (χ4v) is 4.37. The first-order chi connectivity index (χ1) is 19.1. The second-order valence-electron chi connectivity index (χ2n) is 8.55. The van der Waals surface area contributed by atoms with Gasteiger partial charge in [0.1, 0.15) is 6.54 Å². The van der Waals surface area contributed by atoms with Gasteiger partial charge in [-0.2, -0.15) is 10.2 Å². The molecule has 0 radical (unpaired) electrons. The van der Waals surface area contributed by atoms with Crippen molar-refractivity contribution < 1.29 is 19.1 Å². The number of esters is 1. The Morgan fingerprint density at radius 3 is 2.46 bits per heavy atom. The van der Waals surface area contributed by atoms with Crippen molar-refractivity contribution in [1.29, 1.82) is 0 Å². The summed E-state index contributed by atoms with van der Waals surface area (Å²) in [7, 11) is 0. The first-order valence-corrected chi connectivity index (χ1v) is 12.6. The molecule has 0 saturated heterocycles.